The lowest BCUT2D eigenvalue weighted by Gasteiger charge is -2.42. The van der Waals surface area contributed by atoms with E-state index < -0.39 is 0 Å². The third kappa shape index (κ3) is 3.97. The van der Waals surface area contributed by atoms with Gasteiger partial charge in [0.05, 0.1) is 37.0 Å². The van der Waals surface area contributed by atoms with Crippen LogP contribution in [0, 0.1) is 0 Å². The van der Waals surface area contributed by atoms with Crippen molar-refractivity contribution < 1.29 is 4.74 Å². The lowest BCUT2D eigenvalue weighted by molar-refractivity contribution is 0.0583. The molecule has 3 unspecified atom stereocenters. The summed E-state index contributed by atoms with van der Waals surface area (Å²) in [5, 5.41) is 7.64. The van der Waals surface area contributed by atoms with Crippen molar-refractivity contribution in [2.75, 3.05) is 33.4 Å². The normalized spacial score (nSPS) is 29.3. The van der Waals surface area contributed by atoms with Crippen LogP contribution in [0.1, 0.15) is 47.3 Å². The Bertz CT molecular complexity index is 835. The van der Waals surface area contributed by atoms with Gasteiger partial charge in [0.1, 0.15) is 0 Å². The predicted molar refractivity (Wildman–Crippen MR) is 115 cm³/mol. The topological polar surface area (TPSA) is 49.4 Å². The van der Waals surface area contributed by atoms with Crippen LogP contribution in [0.15, 0.2) is 42.6 Å². The number of likely N-dealkylation sites (N-methyl/N-ethyl adjacent to an activating group) is 1. The van der Waals surface area contributed by atoms with Crippen molar-refractivity contribution in [3.05, 3.63) is 65.0 Å². The van der Waals surface area contributed by atoms with Gasteiger partial charge in [0.25, 0.3) is 0 Å². The Labute approximate surface area is 173 Å². The summed E-state index contributed by atoms with van der Waals surface area (Å²) in [5.74, 6) is 0. The van der Waals surface area contributed by atoms with Crippen LogP contribution in [0.5, 0.6) is 0 Å². The van der Waals surface area contributed by atoms with Gasteiger partial charge in [-0.15, -0.1) is 0 Å². The van der Waals surface area contributed by atoms with Crippen molar-refractivity contribution in [1.29, 1.82) is 0 Å². The molecular formula is C24H32N4O. The number of ether oxygens (including phenoxy) is 1. The number of morpholine rings is 1. The first kappa shape index (κ1) is 19.2. The predicted octanol–water partition coefficient (Wildman–Crippen LogP) is 2.63. The van der Waals surface area contributed by atoms with Crippen molar-refractivity contribution in [2.45, 2.75) is 49.9 Å². The zero-order valence-electron chi connectivity index (χ0n) is 17.3. The summed E-state index contributed by atoms with van der Waals surface area (Å²) in [5.41, 5.74) is 5.62. The molecule has 1 aromatic carbocycles. The van der Waals surface area contributed by atoms with Gasteiger partial charge in [-0.2, -0.15) is 0 Å². The number of aryl methyl sites for hydroxylation is 1. The SMILES string of the molecule is CN(CC1Cc2ccccc2[C@H](C2COCCN2)N1)C1CCCc2cccnc21. The van der Waals surface area contributed by atoms with Crippen molar-refractivity contribution in [3.63, 3.8) is 0 Å². The third-order valence-corrected chi connectivity index (χ3v) is 6.83. The fraction of sp³-hybridized carbons (Fsp3) is 0.542. The molecule has 2 aromatic rings. The van der Waals surface area contributed by atoms with E-state index in [1.807, 2.05) is 6.20 Å². The van der Waals surface area contributed by atoms with Crippen LogP contribution in [0.3, 0.4) is 0 Å². The van der Waals surface area contributed by atoms with E-state index in [1.165, 1.54) is 35.2 Å². The summed E-state index contributed by atoms with van der Waals surface area (Å²) < 4.78 is 5.78. The molecule has 0 saturated carbocycles. The number of fused-ring (bicyclic) bond motifs is 2. The zero-order chi connectivity index (χ0) is 19.6. The molecule has 4 atom stereocenters. The molecule has 5 rings (SSSR count). The fourth-order valence-electron chi connectivity index (χ4n) is 5.43. The number of rotatable bonds is 4. The maximum atomic E-state index is 5.78. The zero-order valence-corrected chi connectivity index (χ0v) is 17.3. The highest BCUT2D eigenvalue weighted by molar-refractivity contribution is 5.35. The number of pyridine rings is 1. The number of nitrogens with one attached hydrogen (secondary N) is 2. The second-order valence-corrected chi connectivity index (χ2v) is 8.78. The highest BCUT2D eigenvalue weighted by Crippen LogP contribution is 2.33. The van der Waals surface area contributed by atoms with E-state index in [4.69, 9.17) is 9.72 Å². The van der Waals surface area contributed by atoms with E-state index in [0.717, 1.165) is 39.1 Å². The highest BCUT2D eigenvalue weighted by Gasteiger charge is 2.34. The van der Waals surface area contributed by atoms with Gasteiger partial charge in [0.15, 0.2) is 0 Å². The molecule has 0 radical (unpaired) electrons. The van der Waals surface area contributed by atoms with Crippen LogP contribution in [0.25, 0.3) is 0 Å². The first-order valence-corrected chi connectivity index (χ1v) is 11.1. The molecule has 29 heavy (non-hydrogen) atoms. The van der Waals surface area contributed by atoms with Crippen LogP contribution < -0.4 is 10.6 Å². The Morgan fingerprint density at radius 3 is 2.97 bits per heavy atom. The minimum atomic E-state index is 0.301. The quantitative estimate of drug-likeness (QED) is 0.838. The molecule has 1 aromatic heterocycles. The summed E-state index contributed by atoms with van der Waals surface area (Å²) in [6.45, 7) is 3.54. The lowest BCUT2D eigenvalue weighted by atomic mass is 9.85. The molecule has 5 heteroatoms. The van der Waals surface area contributed by atoms with Crippen LogP contribution in [-0.4, -0.2) is 55.3 Å². The minimum Gasteiger partial charge on any atom is -0.378 e. The lowest BCUT2D eigenvalue weighted by Crippen LogP contribution is -2.55. The molecule has 0 bridgehead atoms. The monoisotopic (exact) mass is 392 g/mol. The molecule has 2 N–H and O–H groups in total. The number of benzene rings is 1. The Morgan fingerprint density at radius 1 is 1.17 bits per heavy atom. The van der Waals surface area contributed by atoms with Crippen LogP contribution in [0.2, 0.25) is 0 Å². The van der Waals surface area contributed by atoms with Gasteiger partial charge in [-0.1, -0.05) is 30.3 Å². The number of hydrogen-bond acceptors (Lipinski definition) is 5. The first-order valence-electron chi connectivity index (χ1n) is 11.1. The van der Waals surface area contributed by atoms with Gasteiger partial charge in [-0.25, -0.2) is 0 Å². The highest BCUT2D eigenvalue weighted by atomic mass is 16.5. The molecular weight excluding hydrogens is 360 g/mol. The average Bonchev–Trinajstić information content (AvgIpc) is 2.78. The van der Waals surface area contributed by atoms with E-state index in [2.05, 4.69) is 59.0 Å². The van der Waals surface area contributed by atoms with Gasteiger partial charge in [0.2, 0.25) is 0 Å². The van der Waals surface area contributed by atoms with E-state index in [-0.39, 0.29) is 0 Å². The van der Waals surface area contributed by atoms with Crippen LogP contribution in [0.4, 0.5) is 0 Å². The van der Waals surface area contributed by atoms with Crippen molar-refractivity contribution in [1.82, 2.24) is 20.5 Å². The second kappa shape index (κ2) is 8.52. The molecule has 1 aliphatic carbocycles. The van der Waals surface area contributed by atoms with Crippen molar-refractivity contribution in [3.8, 4) is 0 Å². The van der Waals surface area contributed by atoms with Crippen molar-refractivity contribution >= 4 is 0 Å². The Hall–Kier alpha value is -1.79. The smallest absolute Gasteiger partial charge is 0.0638 e. The Morgan fingerprint density at radius 2 is 2.07 bits per heavy atom. The summed E-state index contributed by atoms with van der Waals surface area (Å²) in [6, 6.07) is 14.7. The summed E-state index contributed by atoms with van der Waals surface area (Å²) in [6.07, 6.45) is 6.64. The Balaban J connectivity index is 1.34. The van der Waals surface area contributed by atoms with Gasteiger partial charge < -0.3 is 15.4 Å². The molecule has 0 spiro atoms. The fourth-order valence-corrected chi connectivity index (χ4v) is 5.43. The van der Waals surface area contributed by atoms with Gasteiger partial charge in [-0.05, 0) is 55.5 Å². The molecule has 3 aliphatic rings. The number of nitrogens with zero attached hydrogens (tertiary/aromatic N) is 2. The second-order valence-electron chi connectivity index (χ2n) is 8.78. The first-order chi connectivity index (χ1) is 14.3. The summed E-state index contributed by atoms with van der Waals surface area (Å²) >= 11 is 0. The standard InChI is InChI=1S/C24H32N4O/c1-28(22-10-4-7-17-8-5-11-26-23(17)22)15-19-14-18-6-2-3-9-20(18)24(27-19)21-16-29-13-12-25-21/h2-3,5-6,8-9,11,19,21-22,24-25,27H,4,7,10,12-16H2,1H3/t19?,21?,22?,24-/m1/s1. The van der Waals surface area contributed by atoms with Crippen LogP contribution in [-0.2, 0) is 17.6 Å². The molecule has 3 heterocycles. The van der Waals surface area contributed by atoms with Crippen LogP contribution >= 0.6 is 0 Å². The van der Waals surface area contributed by atoms with E-state index in [1.54, 1.807) is 0 Å². The maximum absolute atomic E-state index is 5.78. The van der Waals surface area contributed by atoms with Gasteiger partial charge >= 0.3 is 0 Å². The van der Waals surface area contributed by atoms with E-state index in [9.17, 15) is 0 Å². The van der Waals surface area contributed by atoms with E-state index >= 15 is 0 Å². The third-order valence-electron chi connectivity index (χ3n) is 6.83. The maximum Gasteiger partial charge on any atom is 0.0638 e. The number of hydrogen-bond donors (Lipinski definition) is 2. The molecule has 0 amide bonds. The largest absolute Gasteiger partial charge is 0.378 e. The summed E-state index contributed by atoms with van der Waals surface area (Å²) in [4.78, 5) is 7.28. The van der Waals surface area contributed by atoms with Gasteiger partial charge in [0, 0.05) is 25.3 Å². The van der Waals surface area contributed by atoms with Gasteiger partial charge in [-0.3, -0.25) is 9.88 Å². The van der Waals surface area contributed by atoms with E-state index in [0.29, 0.717) is 24.2 Å². The summed E-state index contributed by atoms with van der Waals surface area (Å²) in [7, 11) is 2.27. The minimum absolute atomic E-state index is 0.301. The average molecular weight is 393 g/mol. The van der Waals surface area contributed by atoms with Crippen molar-refractivity contribution in [2.24, 2.45) is 0 Å². The Kier molecular flexibility index (Phi) is 5.64. The molecule has 5 nitrogen and oxygen atoms in total. The number of aromatic nitrogens is 1. The molecule has 1 saturated heterocycles. The molecule has 2 aliphatic heterocycles. The molecule has 1 fully saturated rings. The molecule has 154 valence electrons.